The van der Waals surface area contributed by atoms with E-state index in [1.807, 2.05) is 55.1 Å². The van der Waals surface area contributed by atoms with Gasteiger partial charge < -0.3 is 19.6 Å². The minimum Gasteiger partial charge on any atom is -0.478 e. The molecule has 41 heavy (non-hydrogen) atoms. The van der Waals surface area contributed by atoms with E-state index in [1.165, 1.54) is 6.07 Å². The maximum Gasteiger partial charge on any atom is 0.337 e. The van der Waals surface area contributed by atoms with Crippen molar-refractivity contribution in [1.82, 2.24) is 14.7 Å². The van der Waals surface area contributed by atoms with Gasteiger partial charge in [-0.15, -0.1) is 0 Å². The maximum atomic E-state index is 13.3. The molecular formula is C32H32N4O5. The van der Waals surface area contributed by atoms with E-state index in [0.717, 1.165) is 67.0 Å². The summed E-state index contributed by atoms with van der Waals surface area (Å²) in [5.41, 5.74) is 4.37. The largest absolute Gasteiger partial charge is 0.478 e. The molecule has 0 bridgehead atoms. The Labute approximate surface area is 237 Å². The number of hydrogen-bond donors (Lipinski definition) is 2. The van der Waals surface area contributed by atoms with E-state index >= 15 is 0 Å². The molecule has 0 amide bonds. The van der Waals surface area contributed by atoms with E-state index < -0.39 is 5.97 Å². The van der Waals surface area contributed by atoms with Crippen molar-refractivity contribution in [3.63, 3.8) is 0 Å². The Morgan fingerprint density at radius 2 is 1.88 bits per heavy atom. The molecule has 0 aliphatic carbocycles. The lowest BCUT2D eigenvalue weighted by molar-refractivity contribution is 0.0360. The van der Waals surface area contributed by atoms with Crippen LogP contribution in [0.2, 0.25) is 0 Å². The van der Waals surface area contributed by atoms with Crippen LogP contribution in [0.1, 0.15) is 34.5 Å². The number of aryl methyl sites for hydroxylation is 1. The molecule has 1 unspecified atom stereocenters. The van der Waals surface area contributed by atoms with Crippen molar-refractivity contribution < 1.29 is 19.1 Å². The summed E-state index contributed by atoms with van der Waals surface area (Å²) in [6, 6.07) is 17.6. The quantitative estimate of drug-likeness (QED) is 0.266. The first-order valence-electron chi connectivity index (χ1n) is 13.8. The lowest BCUT2D eigenvalue weighted by Crippen LogP contribution is -2.38. The Hall–Kier alpha value is -4.47. The Kier molecular flexibility index (Phi) is 7.30. The number of fused-ring (bicyclic) bond motifs is 2. The molecule has 6 rings (SSSR count). The van der Waals surface area contributed by atoms with Gasteiger partial charge in [-0.1, -0.05) is 18.2 Å². The minimum absolute atomic E-state index is 0.134. The van der Waals surface area contributed by atoms with Gasteiger partial charge in [0, 0.05) is 54.1 Å². The van der Waals surface area contributed by atoms with Crippen molar-refractivity contribution in [2.45, 2.75) is 26.4 Å². The zero-order chi connectivity index (χ0) is 28.5. The van der Waals surface area contributed by atoms with Crippen LogP contribution in [-0.4, -0.2) is 58.6 Å². The fourth-order valence-electron chi connectivity index (χ4n) is 5.42. The van der Waals surface area contributed by atoms with Crippen LogP contribution in [0.4, 0.5) is 5.69 Å². The molecule has 1 fully saturated rings. The molecule has 2 N–H and O–H groups in total. The standard InChI is InChI=1S/C32H32N4O5/c1-20-15-25(21(2)33-28-6-4-3-5-24(28)32(38)39)31-26(16-20)29(37)18-30(41-31)22-7-8-27-23(17-22)19-36(34-27)10-9-35-11-13-40-14-12-35/h3-8,15-19,21,33H,9-14H2,1-2H3,(H,38,39). The summed E-state index contributed by atoms with van der Waals surface area (Å²) in [4.78, 5) is 27.4. The molecule has 1 aliphatic heterocycles. The molecule has 1 saturated heterocycles. The van der Waals surface area contributed by atoms with Gasteiger partial charge in [0.2, 0.25) is 0 Å². The SMILES string of the molecule is Cc1cc(C(C)Nc2ccccc2C(=O)O)c2oc(-c3ccc4nn(CCN5CCOCC5)cc4c3)cc(=O)c2c1. The predicted octanol–water partition coefficient (Wildman–Crippen LogP) is 5.32. The van der Waals surface area contributed by atoms with Crippen molar-refractivity contribution in [3.8, 4) is 11.3 Å². The predicted molar refractivity (Wildman–Crippen MR) is 159 cm³/mol. The number of benzene rings is 3. The number of aromatic carboxylic acids is 1. The fourth-order valence-corrected chi connectivity index (χ4v) is 5.42. The normalized spacial score (nSPS) is 14.9. The number of anilines is 1. The third-order valence-corrected chi connectivity index (χ3v) is 7.58. The van der Waals surface area contributed by atoms with E-state index in [4.69, 9.17) is 14.3 Å². The second-order valence-corrected chi connectivity index (χ2v) is 10.5. The van der Waals surface area contributed by atoms with Gasteiger partial charge in [0.1, 0.15) is 11.3 Å². The fraction of sp³-hybridized carbons (Fsp3) is 0.281. The molecule has 3 heterocycles. The van der Waals surface area contributed by atoms with Crippen LogP contribution >= 0.6 is 0 Å². The lowest BCUT2D eigenvalue weighted by Gasteiger charge is -2.26. The Bertz CT molecular complexity index is 1800. The first-order valence-corrected chi connectivity index (χ1v) is 13.8. The van der Waals surface area contributed by atoms with E-state index in [0.29, 0.717) is 22.4 Å². The monoisotopic (exact) mass is 552 g/mol. The number of para-hydroxylation sites is 1. The zero-order valence-corrected chi connectivity index (χ0v) is 23.1. The van der Waals surface area contributed by atoms with E-state index in [-0.39, 0.29) is 17.0 Å². The second-order valence-electron chi connectivity index (χ2n) is 10.5. The lowest BCUT2D eigenvalue weighted by atomic mass is 10.00. The van der Waals surface area contributed by atoms with Crippen LogP contribution < -0.4 is 10.7 Å². The molecule has 210 valence electrons. The summed E-state index contributed by atoms with van der Waals surface area (Å²) in [5.74, 6) is -0.545. The van der Waals surface area contributed by atoms with Crippen molar-refractivity contribution >= 4 is 33.5 Å². The van der Waals surface area contributed by atoms with E-state index in [2.05, 4.69) is 10.2 Å². The summed E-state index contributed by atoms with van der Waals surface area (Å²) in [5, 5.41) is 19.1. The molecule has 5 aromatic rings. The van der Waals surface area contributed by atoms with Crippen LogP contribution in [0, 0.1) is 6.92 Å². The highest BCUT2D eigenvalue weighted by atomic mass is 16.5. The molecule has 9 heteroatoms. The number of hydrogen-bond acceptors (Lipinski definition) is 7. The topological polar surface area (TPSA) is 110 Å². The molecule has 0 saturated carbocycles. The van der Waals surface area contributed by atoms with Gasteiger partial charge in [0.25, 0.3) is 0 Å². The van der Waals surface area contributed by atoms with Crippen molar-refractivity contribution in [2.75, 3.05) is 38.2 Å². The number of carbonyl (C=O) groups is 1. The summed E-state index contributed by atoms with van der Waals surface area (Å²) >= 11 is 0. The van der Waals surface area contributed by atoms with Gasteiger partial charge in [-0.2, -0.15) is 5.10 Å². The number of nitrogens with zero attached hydrogens (tertiary/aromatic N) is 3. The Balaban J connectivity index is 1.33. The molecule has 2 aromatic heterocycles. The van der Waals surface area contributed by atoms with Crippen LogP contribution in [0.15, 0.2) is 76.1 Å². The third kappa shape index (κ3) is 5.59. The molecule has 1 atom stereocenters. The smallest absolute Gasteiger partial charge is 0.337 e. The highest BCUT2D eigenvalue weighted by Gasteiger charge is 2.19. The van der Waals surface area contributed by atoms with Crippen molar-refractivity contribution in [2.24, 2.45) is 0 Å². The first-order chi connectivity index (χ1) is 19.9. The Morgan fingerprint density at radius 3 is 2.68 bits per heavy atom. The first kappa shape index (κ1) is 26.7. The highest BCUT2D eigenvalue weighted by Crippen LogP contribution is 2.32. The van der Waals surface area contributed by atoms with Gasteiger partial charge in [-0.3, -0.25) is 14.4 Å². The van der Waals surface area contributed by atoms with Crippen LogP contribution in [-0.2, 0) is 11.3 Å². The number of ether oxygens (including phenoxy) is 1. The van der Waals surface area contributed by atoms with Gasteiger partial charge in [-0.25, -0.2) is 4.79 Å². The number of rotatable bonds is 8. The van der Waals surface area contributed by atoms with Gasteiger partial charge >= 0.3 is 5.97 Å². The third-order valence-electron chi connectivity index (χ3n) is 7.58. The molecular weight excluding hydrogens is 520 g/mol. The number of carboxylic acid groups (broad SMARTS) is 1. The summed E-state index contributed by atoms with van der Waals surface area (Å²) < 4.78 is 13.8. The van der Waals surface area contributed by atoms with E-state index in [9.17, 15) is 14.7 Å². The molecule has 0 spiro atoms. The summed E-state index contributed by atoms with van der Waals surface area (Å²) in [6.45, 7) is 8.97. The number of aromatic nitrogens is 2. The average molecular weight is 553 g/mol. The number of nitrogens with one attached hydrogen (secondary N) is 1. The zero-order valence-electron chi connectivity index (χ0n) is 23.1. The number of carboxylic acids is 1. The van der Waals surface area contributed by atoms with Crippen molar-refractivity contribution in [1.29, 1.82) is 0 Å². The molecule has 1 aliphatic rings. The van der Waals surface area contributed by atoms with Crippen LogP contribution in [0.5, 0.6) is 0 Å². The highest BCUT2D eigenvalue weighted by molar-refractivity contribution is 5.94. The molecule has 9 nitrogen and oxygen atoms in total. The van der Waals surface area contributed by atoms with Gasteiger partial charge in [-0.05, 0) is 55.8 Å². The Morgan fingerprint density at radius 1 is 1.07 bits per heavy atom. The maximum absolute atomic E-state index is 13.3. The average Bonchev–Trinajstić information content (AvgIpc) is 3.39. The number of morpholine rings is 1. The van der Waals surface area contributed by atoms with Gasteiger partial charge in [0.05, 0.1) is 42.3 Å². The van der Waals surface area contributed by atoms with Crippen LogP contribution in [0.25, 0.3) is 33.2 Å². The van der Waals surface area contributed by atoms with Crippen LogP contribution in [0.3, 0.4) is 0 Å². The molecule has 3 aromatic carbocycles. The van der Waals surface area contributed by atoms with Crippen molar-refractivity contribution in [3.05, 3.63) is 93.8 Å². The van der Waals surface area contributed by atoms with Gasteiger partial charge in [0.15, 0.2) is 5.43 Å². The van der Waals surface area contributed by atoms with E-state index in [1.54, 1.807) is 24.3 Å². The second kappa shape index (κ2) is 11.2. The minimum atomic E-state index is -1.01. The summed E-state index contributed by atoms with van der Waals surface area (Å²) in [6.07, 6.45) is 2.03. The summed E-state index contributed by atoms with van der Waals surface area (Å²) in [7, 11) is 0. The molecule has 0 radical (unpaired) electrons.